The van der Waals surface area contributed by atoms with E-state index >= 15 is 0 Å². The lowest BCUT2D eigenvalue weighted by Crippen LogP contribution is -2.50. The van der Waals surface area contributed by atoms with Crippen LogP contribution in [0.15, 0.2) is 17.0 Å². The number of ether oxygens (including phenoxy) is 3. The average molecular weight is 329 g/mol. The van der Waals surface area contributed by atoms with Gasteiger partial charge in [-0.1, -0.05) is 0 Å². The van der Waals surface area contributed by atoms with Gasteiger partial charge in [0.25, 0.3) is 0 Å². The van der Waals surface area contributed by atoms with E-state index in [4.69, 9.17) is 14.2 Å². The number of rotatable bonds is 4. The minimum atomic E-state index is -3.61. The minimum Gasteiger partial charge on any atom is -0.493 e. The molecule has 22 heavy (non-hydrogen) atoms. The number of benzene rings is 1. The minimum absolute atomic E-state index is 0.119. The molecule has 6 nitrogen and oxygen atoms in total. The Morgan fingerprint density at radius 2 is 1.77 bits per heavy atom. The maximum atomic E-state index is 13.0. The number of sulfonamides is 1. The van der Waals surface area contributed by atoms with Gasteiger partial charge in [0.2, 0.25) is 10.0 Å². The van der Waals surface area contributed by atoms with Crippen molar-refractivity contribution in [3.63, 3.8) is 0 Å². The van der Waals surface area contributed by atoms with E-state index < -0.39 is 10.0 Å². The largest absolute Gasteiger partial charge is 0.493 e. The highest BCUT2D eigenvalue weighted by Crippen LogP contribution is 2.34. The molecule has 1 heterocycles. The average Bonchev–Trinajstić information content (AvgIpc) is 2.48. The number of aryl methyl sites for hydroxylation is 1. The third-order valence-corrected chi connectivity index (χ3v) is 5.94. The fourth-order valence-corrected chi connectivity index (χ4v) is 4.49. The highest BCUT2D eigenvalue weighted by molar-refractivity contribution is 7.89. The van der Waals surface area contributed by atoms with Gasteiger partial charge in [0.15, 0.2) is 11.5 Å². The highest BCUT2D eigenvalue weighted by Gasteiger charge is 2.35. The lowest BCUT2D eigenvalue weighted by molar-refractivity contribution is -0.0170. The predicted molar refractivity (Wildman–Crippen MR) is 83.1 cm³/mol. The van der Waals surface area contributed by atoms with Crippen LogP contribution in [0.3, 0.4) is 0 Å². The molecule has 0 spiro atoms. The Kier molecular flexibility index (Phi) is 4.99. The monoisotopic (exact) mass is 329 g/mol. The van der Waals surface area contributed by atoms with Crippen molar-refractivity contribution in [1.29, 1.82) is 0 Å². The molecule has 1 aromatic carbocycles. The summed E-state index contributed by atoms with van der Waals surface area (Å²) in [5.41, 5.74) is 0.629. The molecule has 124 valence electrons. The summed E-state index contributed by atoms with van der Waals surface area (Å²) < 4.78 is 43.5. The Hall–Kier alpha value is -1.31. The maximum Gasteiger partial charge on any atom is 0.243 e. The SMILES string of the molecule is COc1cc(C)c(S(=O)(=O)N2CC(C)OCC2C)cc1OC. The highest BCUT2D eigenvalue weighted by atomic mass is 32.2. The van der Waals surface area contributed by atoms with Gasteiger partial charge < -0.3 is 14.2 Å². The van der Waals surface area contributed by atoms with Gasteiger partial charge in [-0.05, 0) is 32.4 Å². The summed E-state index contributed by atoms with van der Waals surface area (Å²) in [4.78, 5) is 0.242. The fourth-order valence-electron chi connectivity index (χ4n) is 2.57. The van der Waals surface area contributed by atoms with Crippen molar-refractivity contribution in [2.24, 2.45) is 0 Å². The number of hydrogen-bond donors (Lipinski definition) is 0. The van der Waals surface area contributed by atoms with Crippen LogP contribution in [0.25, 0.3) is 0 Å². The topological polar surface area (TPSA) is 65.1 Å². The van der Waals surface area contributed by atoms with Gasteiger partial charge in [0, 0.05) is 18.7 Å². The summed E-state index contributed by atoms with van der Waals surface area (Å²) in [6.07, 6.45) is -0.119. The zero-order chi connectivity index (χ0) is 16.5. The first-order valence-electron chi connectivity index (χ1n) is 7.17. The molecule has 1 fully saturated rings. The first kappa shape index (κ1) is 17.1. The molecule has 1 aromatic rings. The van der Waals surface area contributed by atoms with E-state index in [0.29, 0.717) is 30.2 Å². The maximum absolute atomic E-state index is 13.0. The molecule has 2 unspecified atom stereocenters. The van der Waals surface area contributed by atoms with E-state index in [1.807, 2.05) is 13.8 Å². The van der Waals surface area contributed by atoms with Gasteiger partial charge >= 0.3 is 0 Å². The van der Waals surface area contributed by atoms with Crippen molar-refractivity contribution < 1.29 is 22.6 Å². The van der Waals surface area contributed by atoms with E-state index in [9.17, 15) is 8.42 Å². The van der Waals surface area contributed by atoms with Crippen LogP contribution >= 0.6 is 0 Å². The normalized spacial score (nSPS) is 23.3. The lowest BCUT2D eigenvalue weighted by atomic mass is 10.2. The Balaban J connectivity index is 2.49. The Labute approximate surface area is 132 Å². The molecule has 0 aromatic heterocycles. The molecule has 7 heteroatoms. The molecule has 2 rings (SSSR count). The summed E-state index contributed by atoms with van der Waals surface area (Å²) >= 11 is 0. The van der Waals surface area contributed by atoms with Gasteiger partial charge in [-0.25, -0.2) is 8.42 Å². The molecule has 2 atom stereocenters. The van der Waals surface area contributed by atoms with Gasteiger partial charge in [-0.2, -0.15) is 4.31 Å². The first-order valence-corrected chi connectivity index (χ1v) is 8.61. The van der Waals surface area contributed by atoms with Crippen molar-refractivity contribution in [3.8, 4) is 11.5 Å². The Morgan fingerprint density at radius 3 is 2.36 bits per heavy atom. The van der Waals surface area contributed by atoms with Gasteiger partial charge in [0.1, 0.15) is 0 Å². The standard InChI is InChI=1S/C15H23NO5S/c1-10-6-13(19-4)14(20-5)7-15(10)22(17,18)16-8-12(3)21-9-11(16)2/h6-7,11-12H,8-9H2,1-5H3. The van der Waals surface area contributed by atoms with Crippen LogP contribution in [-0.2, 0) is 14.8 Å². The molecule has 0 amide bonds. The molecular formula is C15H23NO5S. The fraction of sp³-hybridized carbons (Fsp3) is 0.600. The van der Waals surface area contributed by atoms with E-state index in [-0.39, 0.29) is 17.0 Å². The second-order valence-corrected chi connectivity index (χ2v) is 7.40. The van der Waals surface area contributed by atoms with Crippen molar-refractivity contribution in [3.05, 3.63) is 17.7 Å². The van der Waals surface area contributed by atoms with Crippen LogP contribution in [-0.4, -0.2) is 52.2 Å². The van der Waals surface area contributed by atoms with Gasteiger partial charge in [0.05, 0.1) is 31.8 Å². The van der Waals surface area contributed by atoms with Crippen LogP contribution < -0.4 is 9.47 Å². The van der Waals surface area contributed by atoms with Crippen LogP contribution in [0.5, 0.6) is 11.5 Å². The molecule has 0 radical (unpaired) electrons. The molecule has 1 aliphatic heterocycles. The lowest BCUT2D eigenvalue weighted by Gasteiger charge is -2.36. The van der Waals surface area contributed by atoms with E-state index in [1.165, 1.54) is 24.6 Å². The summed E-state index contributed by atoms with van der Waals surface area (Å²) in [7, 11) is -0.601. The molecule has 0 saturated carbocycles. The summed E-state index contributed by atoms with van der Waals surface area (Å²) in [6, 6.07) is 3.00. The van der Waals surface area contributed by atoms with Gasteiger partial charge in [-0.3, -0.25) is 0 Å². The molecule has 0 N–H and O–H groups in total. The number of nitrogens with zero attached hydrogens (tertiary/aromatic N) is 1. The quantitative estimate of drug-likeness (QED) is 0.843. The van der Waals surface area contributed by atoms with E-state index in [0.717, 1.165) is 0 Å². The van der Waals surface area contributed by atoms with Crippen LogP contribution in [0.4, 0.5) is 0 Å². The second-order valence-electron chi connectivity index (χ2n) is 5.54. The Morgan fingerprint density at radius 1 is 1.18 bits per heavy atom. The second kappa shape index (κ2) is 6.44. The first-order chi connectivity index (χ1) is 10.3. The van der Waals surface area contributed by atoms with E-state index in [1.54, 1.807) is 13.0 Å². The third kappa shape index (κ3) is 3.06. The Bertz CT molecular complexity index is 644. The smallest absolute Gasteiger partial charge is 0.243 e. The zero-order valence-corrected chi connectivity index (χ0v) is 14.4. The molecule has 0 bridgehead atoms. The van der Waals surface area contributed by atoms with Crippen molar-refractivity contribution in [2.45, 2.75) is 37.8 Å². The van der Waals surface area contributed by atoms with Crippen LogP contribution in [0.1, 0.15) is 19.4 Å². The summed E-state index contributed by atoms with van der Waals surface area (Å²) in [5, 5.41) is 0. The van der Waals surface area contributed by atoms with Crippen molar-refractivity contribution in [2.75, 3.05) is 27.4 Å². The summed E-state index contributed by atoms with van der Waals surface area (Å²) in [6.45, 7) is 6.21. The van der Waals surface area contributed by atoms with Crippen molar-refractivity contribution in [1.82, 2.24) is 4.31 Å². The van der Waals surface area contributed by atoms with Crippen molar-refractivity contribution >= 4 is 10.0 Å². The third-order valence-electron chi connectivity index (χ3n) is 3.82. The molecule has 1 saturated heterocycles. The predicted octanol–water partition coefficient (Wildman–Crippen LogP) is 1.81. The molecule has 0 aliphatic carbocycles. The van der Waals surface area contributed by atoms with Crippen LogP contribution in [0, 0.1) is 6.92 Å². The van der Waals surface area contributed by atoms with E-state index in [2.05, 4.69) is 0 Å². The van der Waals surface area contributed by atoms with Crippen LogP contribution in [0.2, 0.25) is 0 Å². The molecule has 1 aliphatic rings. The summed E-state index contributed by atoms with van der Waals surface area (Å²) in [5.74, 6) is 0.919. The number of morpholine rings is 1. The van der Waals surface area contributed by atoms with Gasteiger partial charge in [-0.15, -0.1) is 0 Å². The number of methoxy groups -OCH3 is 2. The zero-order valence-electron chi connectivity index (χ0n) is 13.6. The molecular weight excluding hydrogens is 306 g/mol. The number of hydrogen-bond acceptors (Lipinski definition) is 5.